The van der Waals surface area contributed by atoms with E-state index < -0.39 is 5.41 Å². The van der Waals surface area contributed by atoms with Crippen LogP contribution in [0.25, 0.3) is 0 Å². The summed E-state index contributed by atoms with van der Waals surface area (Å²) in [6.07, 6.45) is 3.53. The van der Waals surface area contributed by atoms with Crippen LogP contribution in [0.5, 0.6) is 0 Å². The molecule has 1 N–H and O–H groups in total. The highest BCUT2D eigenvalue weighted by Crippen LogP contribution is 2.52. The van der Waals surface area contributed by atoms with Crippen LogP contribution in [0, 0.1) is 5.41 Å². The van der Waals surface area contributed by atoms with Gasteiger partial charge < -0.3 is 14.2 Å². The predicted molar refractivity (Wildman–Crippen MR) is 105 cm³/mol. The first-order valence-electron chi connectivity index (χ1n) is 10.2. The van der Waals surface area contributed by atoms with Crippen molar-refractivity contribution in [1.29, 1.82) is 0 Å². The van der Waals surface area contributed by atoms with E-state index in [0.717, 1.165) is 18.4 Å². The number of H-pyrrole nitrogens is 1. The number of hydrogen-bond acceptors (Lipinski definition) is 5. The third-order valence-electron chi connectivity index (χ3n) is 6.23. The SMILES string of the molecule is CCOC(=O)[C@@]1(Cc2ccccc2)C[C@H]2CC[C@@H]1N2C(=O)CCc1cc(=O)[nH]o1. The minimum atomic E-state index is -0.698. The van der Waals surface area contributed by atoms with Gasteiger partial charge in [0.1, 0.15) is 5.76 Å². The molecule has 3 heterocycles. The fourth-order valence-electron chi connectivity index (χ4n) is 5.08. The van der Waals surface area contributed by atoms with Crippen molar-refractivity contribution < 1.29 is 18.8 Å². The average molecular weight is 398 g/mol. The molecule has 2 fully saturated rings. The zero-order chi connectivity index (χ0) is 20.4. The molecule has 1 aromatic carbocycles. The lowest BCUT2D eigenvalue weighted by atomic mass is 9.70. The number of aromatic nitrogens is 1. The second kappa shape index (κ2) is 7.89. The number of fused-ring (bicyclic) bond motifs is 2. The summed E-state index contributed by atoms with van der Waals surface area (Å²) in [5.74, 6) is 0.266. The molecule has 2 aromatic rings. The summed E-state index contributed by atoms with van der Waals surface area (Å²) in [5, 5.41) is 2.24. The van der Waals surface area contributed by atoms with Gasteiger partial charge in [-0.2, -0.15) is 5.16 Å². The molecule has 2 bridgehead atoms. The Hall–Kier alpha value is -2.83. The topological polar surface area (TPSA) is 92.6 Å². The summed E-state index contributed by atoms with van der Waals surface area (Å²) >= 11 is 0. The van der Waals surface area contributed by atoms with Gasteiger partial charge >= 0.3 is 5.97 Å². The van der Waals surface area contributed by atoms with Crippen LogP contribution in [0.1, 0.15) is 43.9 Å². The molecule has 3 atom stereocenters. The minimum absolute atomic E-state index is 0.000541. The second-order valence-electron chi connectivity index (χ2n) is 7.97. The van der Waals surface area contributed by atoms with Crippen LogP contribution in [-0.4, -0.2) is 40.6 Å². The number of ether oxygens (including phenoxy) is 1. The van der Waals surface area contributed by atoms with Gasteiger partial charge in [0, 0.05) is 31.0 Å². The molecular weight excluding hydrogens is 372 g/mol. The van der Waals surface area contributed by atoms with E-state index >= 15 is 0 Å². The zero-order valence-corrected chi connectivity index (χ0v) is 16.6. The molecule has 0 saturated carbocycles. The van der Waals surface area contributed by atoms with Crippen molar-refractivity contribution in [3.05, 3.63) is 58.1 Å². The van der Waals surface area contributed by atoms with Crippen LogP contribution in [0.4, 0.5) is 0 Å². The third-order valence-corrected chi connectivity index (χ3v) is 6.23. The van der Waals surface area contributed by atoms with E-state index in [9.17, 15) is 14.4 Å². The van der Waals surface area contributed by atoms with Gasteiger partial charge in [-0.15, -0.1) is 0 Å². The number of aryl methyl sites for hydroxylation is 1. The van der Waals surface area contributed by atoms with Gasteiger partial charge in [0.05, 0.1) is 12.0 Å². The molecule has 154 valence electrons. The zero-order valence-electron chi connectivity index (χ0n) is 16.6. The average Bonchev–Trinajstić information content (AvgIpc) is 3.40. The van der Waals surface area contributed by atoms with Gasteiger partial charge in [0.25, 0.3) is 5.56 Å². The Bertz CT molecular complexity index is 934. The Morgan fingerprint density at radius 2 is 2.07 bits per heavy atom. The summed E-state index contributed by atoms with van der Waals surface area (Å²) in [6.45, 7) is 2.14. The minimum Gasteiger partial charge on any atom is -0.465 e. The maximum Gasteiger partial charge on any atom is 0.314 e. The predicted octanol–water partition coefficient (Wildman–Crippen LogP) is 2.46. The van der Waals surface area contributed by atoms with Gasteiger partial charge in [-0.05, 0) is 38.2 Å². The maximum absolute atomic E-state index is 13.1. The van der Waals surface area contributed by atoms with Crippen molar-refractivity contribution in [1.82, 2.24) is 10.1 Å². The van der Waals surface area contributed by atoms with Crippen LogP contribution in [0.15, 0.2) is 45.7 Å². The van der Waals surface area contributed by atoms with Gasteiger partial charge in [0.2, 0.25) is 5.91 Å². The van der Waals surface area contributed by atoms with Crippen LogP contribution in [-0.2, 0) is 27.2 Å². The summed E-state index contributed by atoms with van der Waals surface area (Å²) in [7, 11) is 0. The number of nitrogens with zero attached hydrogens (tertiary/aromatic N) is 1. The van der Waals surface area contributed by atoms with E-state index in [-0.39, 0.29) is 35.9 Å². The van der Waals surface area contributed by atoms with Crippen LogP contribution < -0.4 is 5.56 Å². The van der Waals surface area contributed by atoms with Crippen molar-refractivity contribution in [2.75, 3.05) is 6.61 Å². The van der Waals surface area contributed by atoms with Crippen molar-refractivity contribution >= 4 is 11.9 Å². The first-order chi connectivity index (χ1) is 14.0. The largest absolute Gasteiger partial charge is 0.465 e. The number of amides is 1. The van der Waals surface area contributed by atoms with Crippen molar-refractivity contribution in [2.24, 2.45) is 5.41 Å². The number of carbonyl (C=O) groups is 2. The molecule has 2 aliphatic heterocycles. The molecule has 2 saturated heterocycles. The number of carbonyl (C=O) groups excluding carboxylic acids is 2. The fraction of sp³-hybridized carbons (Fsp3) is 0.500. The quantitative estimate of drug-likeness (QED) is 0.723. The number of aromatic amines is 1. The Kier molecular flexibility index (Phi) is 5.30. The lowest BCUT2D eigenvalue weighted by molar-refractivity contribution is -0.158. The highest BCUT2D eigenvalue weighted by Gasteiger charge is 2.61. The first-order valence-corrected chi connectivity index (χ1v) is 10.2. The van der Waals surface area contributed by atoms with E-state index in [1.54, 1.807) is 0 Å². The van der Waals surface area contributed by atoms with E-state index in [1.165, 1.54) is 6.07 Å². The fourth-order valence-corrected chi connectivity index (χ4v) is 5.08. The number of rotatable bonds is 7. The molecule has 2 aliphatic rings. The Labute approximate surface area is 169 Å². The van der Waals surface area contributed by atoms with Crippen LogP contribution >= 0.6 is 0 Å². The summed E-state index contributed by atoms with van der Waals surface area (Å²) in [4.78, 5) is 39.3. The molecule has 7 nitrogen and oxygen atoms in total. The third kappa shape index (κ3) is 3.61. The van der Waals surface area contributed by atoms with E-state index in [4.69, 9.17) is 9.26 Å². The molecule has 0 radical (unpaired) electrons. The molecule has 29 heavy (non-hydrogen) atoms. The van der Waals surface area contributed by atoms with Gasteiger partial charge in [-0.25, -0.2) is 0 Å². The number of benzene rings is 1. The number of hydrogen-bond donors (Lipinski definition) is 1. The molecule has 4 rings (SSSR count). The Balaban J connectivity index is 1.55. The lowest BCUT2D eigenvalue weighted by Crippen LogP contribution is -2.47. The second-order valence-corrected chi connectivity index (χ2v) is 7.97. The van der Waals surface area contributed by atoms with E-state index in [0.29, 0.717) is 31.6 Å². The molecule has 0 unspecified atom stereocenters. The van der Waals surface area contributed by atoms with Crippen molar-refractivity contribution in [3.63, 3.8) is 0 Å². The normalized spacial score (nSPS) is 25.3. The standard InChI is InChI=1S/C22H26N2O5/c1-2-28-21(27)22(13-15-6-4-3-5-7-15)14-16-8-10-18(22)24(16)20(26)11-9-17-12-19(25)23-29-17/h3-7,12,16,18H,2,8-11,13-14H2,1H3,(H,23,25)/t16-,18+,22+/m1/s1. The Morgan fingerprint density at radius 1 is 1.28 bits per heavy atom. The van der Waals surface area contributed by atoms with Gasteiger partial charge in [0.15, 0.2) is 0 Å². The van der Waals surface area contributed by atoms with Crippen LogP contribution in [0.2, 0.25) is 0 Å². The van der Waals surface area contributed by atoms with E-state index in [2.05, 4.69) is 5.16 Å². The smallest absolute Gasteiger partial charge is 0.314 e. The Morgan fingerprint density at radius 3 is 2.76 bits per heavy atom. The van der Waals surface area contributed by atoms with Gasteiger partial charge in [-0.3, -0.25) is 14.4 Å². The molecule has 0 spiro atoms. The van der Waals surface area contributed by atoms with Crippen molar-refractivity contribution in [2.45, 2.75) is 57.5 Å². The summed E-state index contributed by atoms with van der Waals surface area (Å²) < 4.78 is 10.5. The molecule has 1 aromatic heterocycles. The number of esters is 1. The van der Waals surface area contributed by atoms with Crippen molar-refractivity contribution in [3.8, 4) is 0 Å². The summed E-state index contributed by atoms with van der Waals surface area (Å²) in [6, 6.07) is 11.2. The monoisotopic (exact) mass is 398 g/mol. The molecule has 7 heteroatoms. The highest BCUT2D eigenvalue weighted by atomic mass is 16.5. The molecular formula is C22H26N2O5. The molecule has 0 aliphatic carbocycles. The van der Waals surface area contributed by atoms with E-state index in [1.807, 2.05) is 42.2 Å². The van der Waals surface area contributed by atoms with Crippen LogP contribution in [0.3, 0.4) is 0 Å². The maximum atomic E-state index is 13.1. The highest BCUT2D eigenvalue weighted by molar-refractivity contribution is 5.84. The first kappa shape index (κ1) is 19.5. The summed E-state index contributed by atoms with van der Waals surface area (Å²) in [5.41, 5.74) is 0.0730. The molecule has 1 amide bonds. The van der Waals surface area contributed by atoms with Gasteiger partial charge in [-0.1, -0.05) is 30.3 Å². The number of nitrogens with one attached hydrogen (secondary N) is 1. The lowest BCUT2D eigenvalue weighted by Gasteiger charge is -2.35.